The Morgan fingerprint density at radius 1 is 1.40 bits per heavy atom. The van der Waals surface area contributed by atoms with Gasteiger partial charge in [0, 0.05) is 6.07 Å². The molecule has 0 aliphatic carbocycles. The summed E-state index contributed by atoms with van der Waals surface area (Å²) in [6.07, 6.45) is 0. The third-order valence-corrected chi connectivity index (χ3v) is 2.37. The van der Waals surface area contributed by atoms with Crippen LogP contribution in [-0.4, -0.2) is 27.6 Å². The Hall–Kier alpha value is -2.71. The number of carboxylic acid groups (broad SMARTS) is 1. The maximum absolute atomic E-state index is 13.5. The summed E-state index contributed by atoms with van der Waals surface area (Å²) in [6.45, 7) is 2.50. The lowest BCUT2D eigenvalue weighted by molar-refractivity contribution is -0.385. The van der Waals surface area contributed by atoms with Gasteiger partial charge in [-0.05, 0) is 19.9 Å². The van der Waals surface area contributed by atoms with Crippen LogP contribution >= 0.6 is 0 Å². The Bertz CT molecular complexity index is 573. The van der Waals surface area contributed by atoms with Crippen LogP contribution in [0.5, 0.6) is 0 Å². The number of urea groups is 1. The summed E-state index contributed by atoms with van der Waals surface area (Å²) in [7, 11) is 0. The van der Waals surface area contributed by atoms with E-state index in [9.17, 15) is 24.1 Å². The first kappa shape index (κ1) is 15.3. The van der Waals surface area contributed by atoms with Gasteiger partial charge in [0.25, 0.3) is 5.69 Å². The van der Waals surface area contributed by atoms with Crippen LogP contribution in [0.4, 0.5) is 20.6 Å². The van der Waals surface area contributed by atoms with Gasteiger partial charge in [-0.3, -0.25) is 10.1 Å². The monoisotopic (exact) mass is 285 g/mol. The third kappa shape index (κ3) is 3.64. The first-order valence-corrected chi connectivity index (χ1v) is 5.40. The molecule has 0 spiro atoms. The van der Waals surface area contributed by atoms with Crippen molar-refractivity contribution in [3.63, 3.8) is 0 Å². The maximum Gasteiger partial charge on any atom is 0.328 e. The highest BCUT2D eigenvalue weighted by Crippen LogP contribution is 2.20. The molecular weight excluding hydrogens is 273 g/mol. The van der Waals surface area contributed by atoms with E-state index >= 15 is 0 Å². The number of carboxylic acids is 1. The zero-order valence-corrected chi connectivity index (χ0v) is 10.6. The summed E-state index contributed by atoms with van der Waals surface area (Å²) in [5.74, 6) is -2.26. The number of carbonyl (C=O) groups is 2. The van der Waals surface area contributed by atoms with Crippen LogP contribution < -0.4 is 10.6 Å². The van der Waals surface area contributed by atoms with Crippen LogP contribution in [0, 0.1) is 15.9 Å². The molecule has 0 aliphatic heterocycles. The van der Waals surface area contributed by atoms with E-state index in [1.165, 1.54) is 13.8 Å². The van der Waals surface area contributed by atoms with Gasteiger partial charge < -0.3 is 15.7 Å². The number of benzene rings is 1. The second kappa shape index (κ2) is 5.51. The van der Waals surface area contributed by atoms with Gasteiger partial charge in [-0.15, -0.1) is 0 Å². The van der Waals surface area contributed by atoms with Crippen LogP contribution in [0.2, 0.25) is 0 Å². The minimum absolute atomic E-state index is 0.297. The van der Waals surface area contributed by atoms with Gasteiger partial charge in [0.15, 0.2) is 5.82 Å². The van der Waals surface area contributed by atoms with E-state index in [0.29, 0.717) is 6.07 Å². The van der Waals surface area contributed by atoms with Crippen LogP contribution in [0.1, 0.15) is 13.8 Å². The molecule has 0 fully saturated rings. The van der Waals surface area contributed by atoms with Crippen molar-refractivity contribution in [2.75, 3.05) is 5.32 Å². The second-order valence-corrected chi connectivity index (χ2v) is 4.43. The number of non-ortho nitro benzene ring substituents is 1. The number of halogens is 1. The molecule has 9 heteroatoms. The molecule has 0 bridgehead atoms. The average molecular weight is 285 g/mol. The molecule has 1 aromatic carbocycles. The smallest absolute Gasteiger partial charge is 0.328 e. The minimum atomic E-state index is -1.54. The number of nitrogens with zero attached hydrogens (tertiary/aromatic N) is 1. The van der Waals surface area contributed by atoms with Crippen molar-refractivity contribution in [1.29, 1.82) is 0 Å². The SMILES string of the molecule is CC(C)(NC(=O)Nc1ccc([N+](=O)[O-])cc1F)C(=O)O. The fourth-order valence-corrected chi connectivity index (χ4v) is 1.21. The summed E-state index contributed by atoms with van der Waals surface area (Å²) in [4.78, 5) is 32.0. The number of nitrogens with one attached hydrogen (secondary N) is 2. The van der Waals surface area contributed by atoms with Gasteiger partial charge in [-0.1, -0.05) is 0 Å². The van der Waals surface area contributed by atoms with Crippen molar-refractivity contribution in [2.24, 2.45) is 0 Å². The number of amides is 2. The van der Waals surface area contributed by atoms with Gasteiger partial charge in [0.2, 0.25) is 0 Å². The number of rotatable bonds is 4. The number of hydrogen-bond acceptors (Lipinski definition) is 4. The highest BCUT2D eigenvalue weighted by molar-refractivity contribution is 5.93. The molecule has 8 nitrogen and oxygen atoms in total. The summed E-state index contributed by atoms with van der Waals surface area (Å²) in [6, 6.07) is 1.74. The summed E-state index contributed by atoms with van der Waals surface area (Å²) >= 11 is 0. The van der Waals surface area contributed by atoms with E-state index in [-0.39, 0.29) is 5.69 Å². The number of nitro groups is 1. The molecule has 0 heterocycles. The van der Waals surface area contributed by atoms with E-state index in [0.717, 1.165) is 12.1 Å². The summed E-state index contributed by atoms with van der Waals surface area (Å²) in [5, 5.41) is 23.4. The number of nitro benzene ring substituents is 1. The average Bonchev–Trinajstić information content (AvgIpc) is 2.30. The van der Waals surface area contributed by atoms with Crippen molar-refractivity contribution >= 4 is 23.4 Å². The molecule has 3 N–H and O–H groups in total. The Balaban J connectivity index is 2.82. The molecule has 0 aliphatic rings. The third-order valence-electron chi connectivity index (χ3n) is 2.37. The van der Waals surface area contributed by atoms with Gasteiger partial charge in [-0.25, -0.2) is 14.0 Å². The fourth-order valence-electron chi connectivity index (χ4n) is 1.21. The van der Waals surface area contributed by atoms with Crippen LogP contribution in [0.3, 0.4) is 0 Å². The largest absolute Gasteiger partial charge is 0.480 e. The predicted molar refractivity (Wildman–Crippen MR) is 66.9 cm³/mol. The minimum Gasteiger partial charge on any atom is -0.480 e. The Labute approximate surface area is 112 Å². The first-order valence-electron chi connectivity index (χ1n) is 5.40. The van der Waals surface area contributed by atoms with Crippen LogP contribution in [0.25, 0.3) is 0 Å². The van der Waals surface area contributed by atoms with E-state index in [4.69, 9.17) is 5.11 Å². The zero-order valence-electron chi connectivity index (χ0n) is 10.6. The molecule has 2 amide bonds. The van der Waals surface area contributed by atoms with E-state index < -0.39 is 34.0 Å². The predicted octanol–water partition coefficient (Wildman–Crippen LogP) is 1.72. The summed E-state index contributed by atoms with van der Waals surface area (Å²) in [5.41, 5.74) is -2.30. The Morgan fingerprint density at radius 3 is 2.45 bits per heavy atom. The number of carbonyl (C=O) groups excluding carboxylic acids is 1. The maximum atomic E-state index is 13.5. The summed E-state index contributed by atoms with van der Waals surface area (Å²) < 4.78 is 13.5. The highest BCUT2D eigenvalue weighted by Gasteiger charge is 2.29. The van der Waals surface area contributed by atoms with Gasteiger partial charge in [0.05, 0.1) is 16.7 Å². The lowest BCUT2D eigenvalue weighted by atomic mass is 10.1. The lowest BCUT2D eigenvalue weighted by Crippen LogP contribution is -2.51. The normalized spacial score (nSPS) is 10.8. The van der Waals surface area contributed by atoms with Crippen LogP contribution in [0.15, 0.2) is 18.2 Å². The second-order valence-electron chi connectivity index (χ2n) is 4.43. The van der Waals surface area contributed by atoms with Crippen molar-refractivity contribution in [3.05, 3.63) is 34.1 Å². The standard InChI is InChI=1S/C11H12FN3O5/c1-11(2,9(16)17)14-10(18)13-8-4-3-6(15(19)20)5-7(8)12/h3-5H,1-2H3,(H,16,17)(H2,13,14,18). The van der Waals surface area contributed by atoms with Crippen molar-refractivity contribution in [2.45, 2.75) is 19.4 Å². The molecule has 20 heavy (non-hydrogen) atoms. The number of hydrogen-bond donors (Lipinski definition) is 3. The topological polar surface area (TPSA) is 122 Å². The van der Waals surface area contributed by atoms with Gasteiger partial charge >= 0.3 is 12.0 Å². The molecule has 0 aromatic heterocycles. The van der Waals surface area contributed by atoms with E-state index in [1.807, 2.05) is 0 Å². The van der Waals surface area contributed by atoms with Crippen LogP contribution in [-0.2, 0) is 4.79 Å². The molecule has 0 radical (unpaired) electrons. The van der Waals surface area contributed by atoms with E-state index in [2.05, 4.69) is 10.6 Å². The number of aliphatic carboxylic acids is 1. The molecule has 0 unspecified atom stereocenters. The molecule has 108 valence electrons. The molecule has 0 atom stereocenters. The van der Waals surface area contributed by atoms with E-state index in [1.54, 1.807) is 0 Å². The molecule has 0 saturated heterocycles. The van der Waals surface area contributed by atoms with Gasteiger partial charge in [0.1, 0.15) is 5.54 Å². The Kier molecular flexibility index (Phi) is 4.23. The quantitative estimate of drug-likeness (QED) is 0.574. The fraction of sp³-hybridized carbons (Fsp3) is 0.273. The lowest BCUT2D eigenvalue weighted by Gasteiger charge is -2.21. The molecular formula is C11H12FN3O5. The first-order chi connectivity index (χ1) is 9.13. The van der Waals surface area contributed by atoms with Crippen molar-refractivity contribution in [3.8, 4) is 0 Å². The zero-order chi connectivity index (χ0) is 15.5. The van der Waals surface area contributed by atoms with Crippen molar-refractivity contribution < 1.29 is 24.0 Å². The van der Waals surface area contributed by atoms with Gasteiger partial charge in [-0.2, -0.15) is 0 Å². The van der Waals surface area contributed by atoms with Crippen molar-refractivity contribution in [1.82, 2.24) is 5.32 Å². The number of anilines is 1. The highest BCUT2D eigenvalue weighted by atomic mass is 19.1. The molecule has 1 aromatic rings. The molecule has 1 rings (SSSR count). The Morgan fingerprint density at radius 2 is 2.00 bits per heavy atom. The molecule has 0 saturated carbocycles.